The Balaban J connectivity index is 1.10. The van der Waals surface area contributed by atoms with Gasteiger partial charge in [-0.05, 0) is 98.1 Å². The highest BCUT2D eigenvalue weighted by Crippen LogP contribution is 2.78. The number of nitrogens with one attached hydrogen (secondary N) is 4. The van der Waals surface area contributed by atoms with E-state index in [4.69, 9.17) is 10.2 Å². The van der Waals surface area contributed by atoms with E-state index in [9.17, 15) is 19.9 Å². The average molecular weight is 747 g/mol. The second-order valence-electron chi connectivity index (χ2n) is 15.8. The molecule has 9 rings (SSSR count). The van der Waals surface area contributed by atoms with Crippen molar-refractivity contribution in [2.45, 2.75) is 64.9 Å². The summed E-state index contributed by atoms with van der Waals surface area (Å²) < 4.78 is 1.77. The number of anilines is 1. The predicted octanol–water partition coefficient (Wildman–Crippen LogP) is 7.23. The molecular formula is C41H44N7O5S+. The first-order chi connectivity index (χ1) is 25.8. The highest BCUT2D eigenvalue weighted by atomic mass is 32.1. The summed E-state index contributed by atoms with van der Waals surface area (Å²) in [6, 6.07) is 16.3. The monoisotopic (exact) mass is 746 g/mol. The molecule has 4 aliphatic carbocycles. The molecule has 4 atom stereocenters. The van der Waals surface area contributed by atoms with Gasteiger partial charge in [0.05, 0.1) is 26.9 Å². The fraction of sp³-hybridized carbons (Fsp3) is 0.366. The third kappa shape index (κ3) is 5.82. The number of aromatic carboxylic acids is 1. The van der Waals surface area contributed by atoms with Gasteiger partial charge in [-0.2, -0.15) is 0 Å². The number of hydroxylamine groups is 1. The zero-order valence-corrected chi connectivity index (χ0v) is 31.6. The van der Waals surface area contributed by atoms with E-state index < -0.39 is 11.9 Å². The molecule has 0 aliphatic heterocycles. The van der Waals surface area contributed by atoms with Gasteiger partial charge in [-0.1, -0.05) is 43.4 Å². The number of allylic oxidation sites excluding steroid dienone is 2. The molecule has 12 nitrogen and oxygen atoms in total. The maximum atomic E-state index is 13.6. The number of carboxylic acids is 1. The molecule has 3 heterocycles. The van der Waals surface area contributed by atoms with Gasteiger partial charge in [0.25, 0.3) is 5.91 Å². The van der Waals surface area contributed by atoms with Crippen LogP contribution in [-0.4, -0.2) is 57.6 Å². The van der Waals surface area contributed by atoms with Gasteiger partial charge in [-0.15, -0.1) is 0 Å². The summed E-state index contributed by atoms with van der Waals surface area (Å²) in [4.78, 5) is 41.7. The van der Waals surface area contributed by atoms with E-state index in [2.05, 4.69) is 39.9 Å². The number of aromatic nitrogens is 3. The SMILES string of the molecule is CCC12CC3(C)CC(ONC)(C1)CC2(CN/C(C)=C(\C=N)c1ccc(-c2ccc4c[n+](O)cc(C(=O)Nc5nc6ccccc6s5)c4c2)nc1C(=O)O)C3. The number of nitrogens with zero attached hydrogens (tertiary/aromatic N) is 3. The van der Waals surface area contributed by atoms with Gasteiger partial charge < -0.3 is 15.8 Å². The van der Waals surface area contributed by atoms with E-state index in [1.54, 1.807) is 30.3 Å². The van der Waals surface area contributed by atoms with E-state index >= 15 is 0 Å². The van der Waals surface area contributed by atoms with Crippen LogP contribution in [0, 0.1) is 21.7 Å². The van der Waals surface area contributed by atoms with Crippen LogP contribution >= 0.6 is 11.3 Å². The van der Waals surface area contributed by atoms with Gasteiger partial charge in [0, 0.05) is 52.3 Å². The summed E-state index contributed by atoms with van der Waals surface area (Å²) in [6.07, 6.45) is 10.4. The lowest BCUT2D eigenvalue weighted by molar-refractivity contribution is -0.904. The predicted molar refractivity (Wildman–Crippen MR) is 208 cm³/mol. The summed E-state index contributed by atoms with van der Waals surface area (Å²) >= 11 is 1.35. The van der Waals surface area contributed by atoms with Crippen molar-refractivity contribution in [3.05, 3.63) is 89.5 Å². The maximum Gasteiger partial charge on any atom is 0.355 e. The molecule has 0 spiro atoms. The first-order valence-electron chi connectivity index (χ1n) is 18.2. The molecule has 0 radical (unpaired) electrons. The lowest BCUT2D eigenvalue weighted by Crippen LogP contribution is -2.46. The van der Waals surface area contributed by atoms with Crippen LogP contribution in [0.15, 0.2) is 72.7 Å². The minimum Gasteiger partial charge on any atom is -0.476 e. The van der Waals surface area contributed by atoms with Gasteiger partial charge >= 0.3 is 5.97 Å². The third-order valence-corrected chi connectivity index (χ3v) is 13.2. The van der Waals surface area contributed by atoms with Gasteiger partial charge in [0.2, 0.25) is 12.4 Å². The van der Waals surface area contributed by atoms with Crippen molar-refractivity contribution in [3.63, 3.8) is 0 Å². The molecule has 2 aromatic carbocycles. The largest absolute Gasteiger partial charge is 0.476 e. The molecule has 4 fully saturated rings. The van der Waals surface area contributed by atoms with Crippen LogP contribution in [0.1, 0.15) is 85.7 Å². The number of rotatable bonds is 12. The van der Waals surface area contributed by atoms with Crippen LogP contribution in [0.2, 0.25) is 0 Å². The number of pyridine rings is 2. The number of carbonyl (C=O) groups excluding carboxylic acids is 1. The topological polar surface area (TPSA) is 173 Å². The van der Waals surface area contributed by atoms with Gasteiger partial charge in [0.15, 0.2) is 10.8 Å². The molecule has 4 unspecified atom stereocenters. The molecule has 54 heavy (non-hydrogen) atoms. The fourth-order valence-electron chi connectivity index (χ4n) is 10.7. The zero-order valence-electron chi connectivity index (χ0n) is 30.7. The first-order valence-corrected chi connectivity index (χ1v) is 19.1. The van der Waals surface area contributed by atoms with Crippen molar-refractivity contribution in [2.75, 3.05) is 18.9 Å². The highest BCUT2D eigenvalue weighted by molar-refractivity contribution is 7.22. The fourth-order valence-corrected chi connectivity index (χ4v) is 11.5. The van der Waals surface area contributed by atoms with Crippen molar-refractivity contribution in [1.29, 1.82) is 5.41 Å². The van der Waals surface area contributed by atoms with E-state index in [-0.39, 0.29) is 33.1 Å². The highest BCUT2D eigenvalue weighted by Gasteiger charge is 2.74. The first kappa shape index (κ1) is 35.8. The van der Waals surface area contributed by atoms with Crippen LogP contribution in [-0.2, 0) is 4.84 Å². The van der Waals surface area contributed by atoms with Crippen LogP contribution in [0.4, 0.5) is 5.13 Å². The van der Waals surface area contributed by atoms with Gasteiger partial charge in [-0.25, -0.2) is 20.2 Å². The number of amides is 1. The molecule has 5 aromatic rings. The lowest BCUT2D eigenvalue weighted by Gasteiger charge is -2.45. The van der Waals surface area contributed by atoms with Crippen molar-refractivity contribution in [1.82, 2.24) is 20.8 Å². The number of thiazole rings is 1. The van der Waals surface area contributed by atoms with E-state index in [1.807, 2.05) is 38.2 Å². The number of para-hydroxylation sites is 1. The van der Waals surface area contributed by atoms with Crippen LogP contribution in [0.25, 0.3) is 37.8 Å². The third-order valence-electron chi connectivity index (χ3n) is 12.3. The Bertz CT molecular complexity index is 2380. The maximum absolute atomic E-state index is 13.6. The second-order valence-corrected chi connectivity index (χ2v) is 16.9. The van der Waals surface area contributed by atoms with E-state index in [0.717, 1.165) is 52.7 Å². The van der Waals surface area contributed by atoms with Crippen LogP contribution in [0.5, 0.6) is 0 Å². The van der Waals surface area contributed by atoms with Gasteiger partial charge in [-0.3, -0.25) is 20.2 Å². The number of fused-ring (bicyclic) bond motifs is 2. The Hall–Kier alpha value is -5.24. The second kappa shape index (κ2) is 13.0. The Morgan fingerprint density at radius 1 is 1.02 bits per heavy atom. The Labute approximate surface area is 316 Å². The summed E-state index contributed by atoms with van der Waals surface area (Å²) in [7, 11) is 1.84. The van der Waals surface area contributed by atoms with Crippen molar-refractivity contribution >= 4 is 61.1 Å². The molecule has 1 amide bonds. The number of hydrogen-bond acceptors (Lipinski definition) is 10. The Morgan fingerprint density at radius 3 is 2.54 bits per heavy atom. The van der Waals surface area contributed by atoms with Gasteiger partial charge in [0.1, 0.15) is 5.56 Å². The van der Waals surface area contributed by atoms with E-state index in [0.29, 0.717) is 44.8 Å². The van der Waals surface area contributed by atoms with Crippen molar-refractivity contribution in [2.24, 2.45) is 16.2 Å². The smallest absolute Gasteiger partial charge is 0.355 e. The van der Waals surface area contributed by atoms with Crippen molar-refractivity contribution in [3.8, 4) is 11.3 Å². The number of carboxylic acid groups (broad SMARTS) is 1. The molecule has 4 saturated carbocycles. The summed E-state index contributed by atoms with van der Waals surface area (Å²) in [5, 5.41) is 37.3. The molecule has 6 N–H and O–H groups in total. The number of hydrogen-bond donors (Lipinski definition) is 6. The Kier molecular flexibility index (Phi) is 8.59. The zero-order chi connectivity index (χ0) is 38.0. The van der Waals surface area contributed by atoms with E-state index in [1.165, 1.54) is 36.4 Å². The lowest BCUT2D eigenvalue weighted by atomic mass is 9.65. The Morgan fingerprint density at radius 2 is 1.80 bits per heavy atom. The normalized spacial score (nSPS) is 25.9. The molecule has 13 heteroatoms. The minimum absolute atomic E-state index is 0.0211. The summed E-state index contributed by atoms with van der Waals surface area (Å²) in [5.74, 6) is -1.67. The van der Waals surface area contributed by atoms with Crippen LogP contribution in [0.3, 0.4) is 0 Å². The number of benzene rings is 2. The molecule has 4 bridgehead atoms. The minimum atomic E-state index is -1.22. The molecule has 4 aliphatic rings. The summed E-state index contributed by atoms with van der Waals surface area (Å²) in [5.41, 5.74) is 6.45. The quantitative estimate of drug-likeness (QED) is 0.0333. The molecule has 0 saturated heterocycles. The van der Waals surface area contributed by atoms with Crippen LogP contribution < -0.4 is 20.8 Å². The standard InChI is InChI=1S/C41H43N7O5S/c1-5-39-18-38(3)19-40(39,22-41(20-38,21-39)53-43-4)23-44-24(2)29(15-42)27-12-13-31(45-34(27)36(50)51)25-10-11-26-16-48(52)17-30(28(26)14-25)35(49)47-37-46-32-8-6-7-9-33(32)54-37/h6-17,42-43,52H,5,18-23H2,1-4H3,(H2,46,47,49,50,51)/p+1. The number of carbonyl (C=O) groups is 2. The molecule has 3 aromatic heterocycles. The van der Waals surface area contributed by atoms with Crippen molar-refractivity contribution < 1.29 is 29.5 Å². The molecule has 278 valence electrons. The summed E-state index contributed by atoms with van der Waals surface area (Å²) in [6.45, 7) is 7.29. The molecular weight excluding hydrogens is 703 g/mol. The average Bonchev–Trinajstić information content (AvgIpc) is 3.69.